The molecule has 0 aliphatic heterocycles. The van der Waals surface area contributed by atoms with Crippen LogP contribution in [0.3, 0.4) is 0 Å². The fourth-order valence-electron chi connectivity index (χ4n) is 2.01. The molecule has 0 unspecified atom stereocenters. The summed E-state index contributed by atoms with van der Waals surface area (Å²) in [6.07, 6.45) is 0. The first-order valence-electron chi connectivity index (χ1n) is 6.91. The van der Waals surface area contributed by atoms with Crippen molar-refractivity contribution >= 4 is 43.9 Å². The summed E-state index contributed by atoms with van der Waals surface area (Å²) in [5, 5.41) is 6.37. The van der Waals surface area contributed by atoms with Gasteiger partial charge in [-0.05, 0) is 24.1 Å². The molecule has 3 aromatic rings. The molecular weight excluding hydrogens is 316 g/mol. The number of carbonyl (C=O) groups excluding carboxylic acids is 1. The molecule has 3 rings (SSSR count). The highest BCUT2D eigenvalue weighted by Crippen LogP contribution is 2.24. The molecule has 22 heavy (non-hydrogen) atoms. The average Bonchev–Trinajstić information content (AvgIpc) is 3.09. The number of aromatic nitrogens is 2. The zero-order chi connectivity index (χ0) is 15.7. The van der Waals surface area contributed by atoms with Gasteiger partial charge in [-0.15, -0.1) is 11.3 Å². The van der Waals surface area contributed by atoms with Crippen molar-refractivity contribution in [1.82, 2.24) is 15.3 Å². The molecule has 0 spiro atoms. The molecule has 0 saturated heterocycles. The second-order valence-corrected chi connectivity index (χ2v) is 7.24. The van der Waals surface area contributed by atoms with Gasteiger partial charge in [-0.25, -0.2) is 9.97 Å². The topological polar surface area (TPSA) is 80.9 Å². The highest BCUT2D eigenvalue weighted by Gasteiger charge is 2.10. The largest absolute Gasteiger partial charge is 0.375 e. The Morgan fingerprint density at radius 2 is 2.18 bits per heavy atom. The summed E-state index contributed by atoms with van der Waals surface area (Å²) in [6, 6.07) is 5.40. The number of rotatable bonds is 4. The molecule has 2 heterocycles. The number of thiazole rings is 2. The van der Waals surface area contributed by atoms with Crippen molar-refractivity contribution in [2.24, 2.45) is 0 Å². The van der Waals surface area contributed by atoms with Gasteiger partial charge < -0.3 is 11.1 Å². The third kappa shape index (κ3) is 3.10. The van der Waals surface area contributed by atoms with Gasteiger partial charge in [0.2, 0.25) is 0 Å². The van der Waals surface area contributed by atoms with Crippen molar-refractivity contribution in [3.8, 4) is 0 Å². The van der Waals surface area contributed by atoms with Crippen LogP contribution >= 0.6 is 22.7 Å². The lowest BCUT2D eigenvalue weighted by Crippen LogP contribution is -2.22. The normalized spacial score (nSPS) is 11.2. The molecule has 0 atom stereocenters. The van der Waals surface area contributed by atoms with Crippen LogP contribution in [0.5, 0.6) is 0 Å². The molecule has 114 valence electrons. The maximum atomic E-state index is 12.2. The fourth-order valence-corrected chi connectivity index (χ4v) is 3.68. The van der Waals surface area contributed by atoms with Gasteiger partial charge >= 0.3 is 0 Å². The zero-order valence-corrected chi connectivity index (χ0v) is 13.9. The molecule has 3 N–H and O–H groups in total. The van der Waals surface area contributed by atoms with Crippen molar-refractivity contribution in [2.45, 2.75) is 26.3 Å². The number of nitrogens with two attached hydrogens (primary N) is 1. The van der Waals surface area contributed by atoms with E-state index in [1.165, 1.54) is 11.3 Å². The van der Waals surface area contributed by atoms with Gasteiger partial charge in [0.1, 0.15) is 5.01 Å². The second kappa shape index (κ2) is 6.02. The Bertz CT molecular complexity index is 822. The summed E-state index contributed by atoms with van der Waals surface area (Å²) in [7, 11) is 0. The average molecular weight is 332 g/mol. The van der Waals surface area contributed by atoms with E-state index >= 15 is 0 Å². The van der Waals surface area contributed by atoms with Gasteiger partial charge in [-0.2, -0.15) is 0 Å². The van der Waals surface area contributed by atoms with Crippen LogP contribution in [0.1, 0.15) is 40.8 Å². The van der Waals surface area contributed by atoms with E-state index in [1.807, 2.05) is 17.5 Å². The van der Waals surface area contributed by atoms with Crippen LogP contribution in [0, 0.1) is 0 Å². The summed E-state index contributed by atoms with van der Waals surface area (Å²) >= 11 is 2.95. The predicted molar refractivity (Wildman–Crippen MR) is 91.4 cm³/mol. The van der Waals surface area contributed by atoms with Crippen molar-refractivity contribution in [1.29, 1.82) is 0 Å². The molecule has 0 aliphatic rings. The Labute approximate surface area is 136 Å². The highest BCUT2D eigenvalue weighted by atomic mass is 32.1. The minimum Gasteiger partial charge on any atom is -0.375 e. The van der Waals surface area contributed by atoms with Crippen LogP contribution in [0.25, 0.3) is 10.2 Å². The van der Waals surface area contributed by atoms with E-state index in [4.69, 9.17) is 5.73 Å². The number of anilines is 1. The lowest BCUT2D eigenvalue weighted by atomic mass is 10.2. The van der Waals surface area contributed by atoms with E-state index in [0.717, 1.165) is 20.9 Å². The van der Waals surface area contributed by atoms with Crippen molar-refractivity contribution in [3.05, 3.63) is 39.8 Å². The second-order valence-electron chi connectivity index (χ2n) is 5.24. The zero-order valence-electron chi connectivity index (χ0n) is 12.3. The number of hydrogen-bond acceptors (Lipinski definition) is 6. The molecule has 0 saturated carbocycles. The molecule has 7 heteroatoms. The molecule has 1 aromatic carbocycles. The minimum absolute atomic E-state index is 0.116. The van der Waals surface area contributed by atoms with E-state index in [2.05, 4.69) is 29.1 Å². The Morgan fingerprint density at radius 1 is 1.36 bits per heavy atom. The third-order valence-electron chi connectivity index (χ3n) is 3.23. The van der Waals surface area contributed by atoms with Crippen molar-refractivity contribution in [3.63, 3.8) is 0 Å². The summed E-state index contributed by atoms with van der Waals surface area (Å²) < 4.78 is 0.918. The molecule has 0 fully saturated rings. The molecule has 2 aromatic heterocycles. The standard InChI is InChI=1S/C15H16N4OS2/c1-8(2)11-7-21-13(18-11)6-17-14(20)9-3-4-10-12(5-9)22-15(16)19-10/h3-5,7-8H,6H2,1-2H3,(H2,16,19)(H,17,20). The Morgan fingerprint density at radius 3 is 2.91 bits per heavy atom. The van der Waals surface area contributed by atoms with Gasteiger partial charge in [0, 0.05) is 10.9 Å². The summed E-state index contributed by atoms with van der Waals surface area (Å²) in [6.45, 7) is 4.65. The van der Waals surface area contributed by atoms with Gasteiger partial charge in [0.05, 0.1) is 22.5 Å². The SMILES string of the molecule is CC(C)c1csc(CNC(=O)c2ccc3nc(N)sc3c2)n1. The molecule has 0 bridgehead atoms. The fraction of sp³-hybridized carbons (Fsp3) is 0.267. The lowest BCUT2D eigenvalue weighted by molar-refractivity contribution is 0.0951. The van der Waals surface area contributed by atoms with Crippen LogP contribution in [-0.2, 0) is 6.54 Å². The summed E-state index contributed by atoms with van der Waals surface area (Å²) in [5.74, 6) is 0.287. The lowest BCUT2D eigenvalue weighted by Gasteiger charge is -2.03. The van der Waals surface area contributed by atoms with Crippen LogP contribution in [0.15, 0.2) is 23.6 Å². The minimum atomic E-state index is -0.116. The van der Waals surface area contributed by atoms with Crippen LogP contribution in [-0.4, -0.2) is 15.9 Å². The third-order valence-corrected chi connectivity index (χ3v) is 4.94. The maximum absolute atomic E-state index is 12.2. The highest BCUT2D eigenvalue weighted by molar-refractivity contribution is 7.22. The van der Waals surface area contributed by atoms with Crippen LogP contribution in [0.4, 0.5) is 5.13 Å². The summed E-state index contributed by atoms with van der Waals surface area (Å²) in [5.41, 5.74) is 8.17. The van der Waals surface area contributed by atoms with E-state index in [0.29, 0.717) is 23.2 Å². The van der Waals surface area contributed by atoms with Gasteiger partial charge in [-0.3, -0.25) is 4.79 Å². The van der Waals surface area contributed by atoms with Gasteiger partial charge in [0.15, 0.2) is 5.13 Å². The molecule has 0 radical (unpaired) electrons. The van der Waals surface area contributed by atoms with E-state index < -0.39 is 0 Å². The number of amides is 1. The Kier molecular flexibility index (Phi) is 4.08. The Hall–Kier alpha value is -1.99. The van der Waals surface area contributed by atoms with Crippen LogP contribution < -0.4 is 11.1 Å². The Balaban J connectivity index is 1.69. The van der Waals surface area contributed by atoms with Crippen molar-refractivity contribution in [2.75, 3.05) is 5.73 Å². The van der Waals surface area contributed by atoms with E-state index in [1.54, 1.807) is 17.4 Å². The van der Waals surface area contributed by atoms with Gasteiger partial charge in [-0.1, -0.05) is 25.2 Å². The first-order chi connectivity index (χ1) is 10.5. The maximum Gasteiger partial charge on any atom is 0.251 e. The predicted octanol–water partition coefficient (Wildman–Crippen LogP) is 3.39. The number of nitrogens with one attached hydrogen (secondary N) is 1. The van der Waals surface area contributed by atoms with Crippen molar-refractivity contribution < 1.29 is 4.79 Å². The monoisotopic (exact) mass is 332 g/mol. The quantitative estimate of drug-likeness (QED) is 0.767. The number of nitrogens with zero attached hydrogens (tertiary/aromatic N) is 2. The molecule has 1 amide bonds. The van der Waals surface area contributed by atoms with E-state index in [-0.39, 0.29) is 5.91 Å². The first-order valence-corrected chi connectivity index (χ1v) is 8.61. The molecule has 0 aliphatic carbocycles. The van der Waals surface area contributed by atoms with E-state index in [9.17, 15) is 4.79 Å². The number of fused-ring (bicyclic) bond motifs is 1. The first kappa shape index (κ1) is 14.9. The number of benzene rings is 1. The smallest absolute Gasteiger partial charge is 0.251 e. The van der Waals surface area contributed by atoms with Gasteiger partial charge in [0.25, 0.3) is 5.91 Å². The number of hydrogen-bond donors (Lipinski definition) is 2. The number of carbonyl (C=O) groups is 1. The number of nitrogen functional groups attached to an aromatic ring is 1. The molecule has 5 nitrogen and oxygen atoms in total. The molecular formula is C15H16N4OS2. The van der Waals surface area contributed by atoms with Crippen LogP contribution in [0.2, 0.25) is 0 Å². The summed E-state index contributed by atoms with van der Waals surface area (Å²) in [4.78, 5) is 20.9.